The maximum absolute atomic E-state index is 12.4. The zero-order valence-corrected chi connectivity index (χ0v) is 33.7. The van der Waals surface area contributed by atoms with Crippen molar-refractivity contribution in [2.24, 2.45) is 0 Å². The van der Waals surface area contributed by atoms with Crippen molar-refractivity contribution in [2.75, 3.05) is 13.2 Å². The Hall–Kier alpha value is -3.11. The Bertz CT molecular complexity index is 1220. The summed E-state index contributed by atoms with van der Waals surface area (Å²) in [7, 11) is -4.80. The van der Waals surface area contributed by atoms with Crippen LogP contribution in [0, 0.1) is 0 Å². The van der Waals surface area contributed by atoms with Crippen LogP contribution in [0.15, 0.2) is 97.2 Å². The van der Waals surface area contributed by atoms with E-state index >= 15 is 0 Å². The second-order valence-corrected chi connectivity index (χ2v) is 14.2. The number of carbonyl (C=O) groups is 2. The van der Waals surface area contributed by atoms with E-state index in [0.29, 0.717) is 32.1 Å². The number of hydrogen-bond donors (Lipinski definition) is 4. The van der Waals surface area contributed by atoms with Crippen LogP contribution in [0.1, 0.15) is 129 Å². The van der Waals surface area contributed by atoms with Gasteiger partial charge in [-0.2, -0.15) is 0 Å². The van der Waals surface area contributed by atoms with Gasteiger partial charge in [0.25, 0.3) is 0 Å². The first-order valence-corrected chi connectivity index (χ1v) is 21.3. The number of allylic oxidation sites excluding steroid dienone is 12. The Kier molecular flexibility index (Phi) is 34.7. The van der Waals surface area contributed by atoms with E-state index in [1.165, 1.54) is 19.3 Å². The zero-order valence-electron chi connectivity index (χ0n) is 32.8. The van der Waals surface area contributed by atoms with Gasteiger partial charge in [0.2, 0.25) is 0 Å². The van der Waals surface area contributed by atoms with E-state index in [0.717, 1.165) is 51.4 Å². The van der Waals surface area contributed by atoms with E-state index in [4.69, 9.17) is 19.3 Å². The lowest BCUT2D eigenvalue weighted by Gasteiger charge is -2.18. The van der Waals surface area contributed by atoms with Crippen molar-refractivity contribution in [2.45, 2.75) is 148 Å². The molecule has 0 heterocycles. The number of aliphatic hydroxyl groups is 2. The second-order valence-electron chi connectivity index (χ2n) is 12.9. The van der Waals surface area contributed by atoms with Crippen molar-refractivity contribution in [3.63, 3.8) is 0 Å². The zero-order chi connectivity index (χ0) is 40.0. The van der Waals surface area contributed by atoms with E-state index in [-0.39, 0.29) is 19.4 Å². The number of carbonyl (C=O) groups excluding carboxylic acids is 2. The highest BCUT2D eigenvalue weighted by Gasteiger charge is 2.22. The minimum absolute atomic E-state index is 0.0767. The quantitative estimate of drug-likeness (QED) is 0.0163. The molecule has 54 heavy (non-hydrogen) atoms. The Morgan fingerprint density at radius 1 is 0.593 bits per heavy atom. The van der Waals surface area contributed by atoms with Crippen LogP contribution in [0.25, 0.3) is 0 Å². The van der Waals surface area contributed by atoms with Crippen molar-refractivity contribution in [1.82, 2.24) is 0 Å². The normalized spacial score (nSPS) is 14.7. The minimum Gasteiger partial charge on any atom is -0.462 e. The lowest BCUT2D eigenvalue weighted by Crippen LogP contribution is -2.29. The molecule has 0 amide bonds. The van der Waals surface area contributed by atoms with Crippen molar-refractivity contribution in [1.29, 1.82) is 0 Å². The molecule has 4 N–H and O–H groups in total. The number of ether oxygens (including phenoxy) is 2. The molecular formula is C43H69O10P. The number of esters is 2. The average Bonchev–Trinajstić information content (AvgIpc) is 3.13. The maximum atomic E-state index is 12.4. The standard InChI is InChI=1S/C43H69O10P/c1-3-5-7-8-9-10-11-12-13-14-15-16-17-22-30-36-43(47)53-41(38-52-54(48,49)50)37-51-42(46)35-29-21-19-18-20-26-32-40(45)34-28-24-23-27-33-39(44)31-25-6-4-2/h6,9-10,12-13,19-21,23-28,33-34,39-41,44-45H,3-5,7-8,11,14-18,22,29-32,35-38H2,1-2H3,(H2,48,49,50)/b10-9-,13-12-,21-19-,24-23-,25-6-,26-20-,33-27+,34-28+/t39-,40+,41-/m1/s1. The van der Waals surface area contributed by atoms with Gasteiger partial charge >= 0.3 is 19.8 Å². The topological polar surface area (TPSA) is 160 Å². The summed E-state index contributed by atoms with van der Waals surface area (Å²) >= 11 is 0. The molecule has 0 radical (unpaired) electrons. The third-order valence-electron chi connectivity index (χ3n) is 7.77. The van der Waals surface area contributed by atoms with Gasteiger partial charge in [0.15, 0.2) is 6.10 Å². The van der Waals surface area contributed by atoms with Crippen LogP contribution in [0.3, 0.4) is 0 Å². The predicted molar refractivity (Wildman–Crippen MR) is 218 cm³/mol. The fourth-order valence-corrected chi connectivity index (χ4v) is 5.14. The van der Waals surface area contributed by atoms with Gasteiger partial charge in [-0.25, -0.2) is 4.57 Å². The average molecular weight is 777 g/mol. The summed E-state index contributed by atoms with van der Waals surface area (Å²) in [6, 6.07) is 0. The molecule has 0 rings (SSSR count). The SMILES string of the molecule is CC/C=C\C[C@@H](O)/C=C/C=C\C=C\[C@@H](O)C/C=C\C/C=C\CCC(=O)OC[C@H](COP(=O)(O)O)OC(=O)CCCCCCC/C=C\C/C=C\CCCCC. The van der Waals surface area contributed by atoms with Crippen LogP contribution in [0.2, 0.25) is 0 Å². The largest absolute Gasteiger partial charge is 0.469 e. The predicted octanol–water partition coefficient (Wildman–Crippen LogP) is 9.78. The summed E-state index contributed by atoms with van der Waals surface area (Å²) in [5.41, 5.74) is 0. The summed E-state index contributed by atoms with van der Waals surface area (Å²) < 4.78 is 26.2. The maximum Gasteiger partial charge on any atom is 0.469 e. The third kappa shape index (κ3) is 38.6. The Balaban J connectivity index is 4.25. The molecule has 0 fully saturated rings. The van der Waals surface area contributed by atoms with Crippen LogP contribution in [-0.4, -0.2) is 63.5 Å². The number of rotatable bonds is 34. The van der Waals surface area contributed by atoms with Gasteiger partial charge in [-0.15, -0.1) is 0 Å². The van der Waals surface area contributed by atoms with E-state index in [2.05, 4.69) is 35.8 Å². The molecule has 306 valence electrons. The molecule has 10 nitrogen and oxygen atoms in total. The first kappa shape index (κ1) is 50.9. The van der Waals surface area contributed by atoms with Gasteiger partial charge in [0.05, 0.1) is 18.8 Å². The van der Waals surface area contributed by atoms with Crippen molar-refractivity contribution < 1.29 is 48.2 Å². The molecule has 0 spiro atoms. The van der Waals surface area contributed by atoms with Crippen molar-refractivity contribution >= 4 is 19.8 Å². The van der Waals surface area contributed by atoms with Crippen LogP contribution < -0.4 is 0 Å². The Labute approximate surface area is 325 Å². The smallest absolute Gasteiger partial charge is 0.462 e. The molecule has 0 saturated heterocycles. The molecular weight excluding hydrogens is 707 g/mol. The van der Waals surface area contributed by atoms with Gasteiger partial charge in [-0.1, -0.05) is 143 Å². The van der Waals surface area contributed by atoms with Crippen LogP contribution in [0.5, 0.6) is 0 Å². The van der Waals surface area contributed by atoms with E-state index in [1.54, 1.807) is 36.5 Å². The van der Waals surface area contributed by atoms with Gasteiger partial charge in [-0.3, -0.25) is 14.1 Å². The van der Waals surface area contributed by atoms with Crippen LogP contribution in [-0.2, 0) is 28.2 Å². The number of phosphoric ester groups is 1. The minimum atomic E-state index is -4.80. The molecule has 0 aromatic rings. The summed E-state index contributed by atoms with van der Waals surface area (Å²) in [5.74, 6) is -1.08. The van der Waals surface area contributed by atoms with Gasteiger partial charge in [0, 0.05) is 12.8 Å². The summed E-state index contributed by atoms with van der Waals surface area (Å²) in [4.78, 5) is 42.7. The molecule has 0 aromatic carbocycles. The van der Waals surface area contributed by atoms with Gasteiger partial charge in [0.1, 0.15) is 6.61 Å². The molecule has 0 saturated carbocycles. The highest BCUT2D eigenvalue weighted by molar-refractivity contribution is 7.46. The summed E-state index contributed by atoms with van der Waals surface area (Å²) in [5, 5.41) is 19.9. The number of aliphatic hydroxyl groups excluding tert-OH is 2. The lowest BCUT2D eigenvalue weighted by molar-refractivity contribution is -0.161. The number of hydrogen-bond acceptors (Lipinski definition) is 8. The molecule has 0 aliphatic heterocycles. The van der Waals surface area contributed by atoms with E-state index in [1.807, 2.05) is 43.4 Å². The monoisotopic (exact) mass is 776 g/mol. The summed E-state index contributed by atoms with van der Waals surface area (Å²) in [6.07, 6.45) is 43.4. The highest BCUT2D eigenvalue weighted by atomic mass is 31.2. The molecule has 11 heteroatoms. The second kappa shape index (κ2) is 36.8. The van der Waals surface area contributed by atoms with E-state index < -0.39 is 44.7 Å². The number of unbranched alkanes of at least 4 members (excludes halogenated alkanes) is 8. The summed E-state index contributed by atoms with van der Waals surface area (Å²) in [6.45, 7) is 3.28. The Morgan fingerprint density at radius 2 is 1.13 bits per heavy atom. The van der Waals surface area contributed by atoms with Crippen LogP contribution in [0.4, 0.5) is 0 Å². The van der Waals surface area contributed by atoms with Gasteiger partial charge < -0.3 is 29.5 Å². The molecule has 0 unspecified atom stereocenters. The van der Waals surface area contributed by atoms with Crippen molar-refractivity contribution in [3.8, 4) is 0 Å². The Morgan fingerprint density at radius 3 is 1.72 bits per heavy atom. The van der Waals surface area contributed by atoms with Crippen LogP contribution >= 0.6 is 7.82 Å². The van der Waals surface area contributed by atoms with Crippen molar-refractivity contribution in [3.05, 3.63) is 97.2 Å². The fraction of sp³-hybridized carbons (Fsp3) is 0.581. The number of phosphoric acid groups is 1. The van der Waals surface area contributed by atoms with E-state index in [9.17, 15) is 24.4 Å². The first-order chi connectivity index (χ1) is 26.1. The highest BCUT2D eigenvalue weighted by Crippen LogP contribution is 2.36. The molecule has 0 aromatic heterocycles. The molecule has 0 aliphatic carbocycles. The molecule has 3 atom stereocenters. The molecule has 0 bridgehead atoms. The third-order valence-corrected chi connectivity index (χ3v) is 8.25. The lowest BCUT2D eigenvalue weighted by atomic mass is 10.1. The van der Waals surface area contributed by atoms with Gasteiger partial charge in [-0.05, 0) is 70.6 Å². The first-order valence-electron chi connectivity index (χ1n) is 19.7. The fourth-order valence-electron chi connectivity index (χ4n) is 4.78. The molecule has 0 aliphatic rings.